The number of para-hydroxylation sites is 1. The lowest BCUT2D eigenvalue weighted by Gasteiger charge is -2.23. The molecule has 2 aromatic heterocycles. The predicted octanol–water partition coefficient (Wildman–Crippen LogP) is 4.34. The summed E-state index contributed by atoms with van der Waals surface area (Å²) < 4.78 is 6.09. The Morgan fingerprint density at radius 3 is 2.64 bits per heavy atom. The van der Waals surface area contributed by atoms with E-state index in [0.717, 1.165) is 16.5 Å². The number of rotatable bonds is 3. The summed E-state index contributed by atoms with van der Waals surface area (Å²) in [5.41, 5.74) is 2.86. The first-order chi connectivity index (χ1) is 13.6. The molecule has 2 unspecified atom stereocenters. The van der Waals surface area contributed by atoms with E-state index >= 15 is 0 Å². The van der Waals surface area contributed by atoms with Crippen LogP contribution in [-0.2, 0) is 4.79 Å². The van der Waals surface area contributed by atoms with Crippen LogP contribution in [0.2, 0.25) is 0 Å². The summed E-state index contributed by atoms with van der Waals surface area (Å²) in [6.07, 6.45) is 0.585. The third-order valence-corrected chi connectivity index (χ3v) is 5.30. The van der Waals surface area contributed by atoms with Crippen LogP contribution in [0.15, 0.2) is 59.0 Å². The van der Waals surface area contributed by atoms with Gasteiger partial charge in [-0.15, -0.1) is 0 Å². The summed E-state index contributed by atoms with van der Waals surface area (Å²) in [6.45, 7) is 2.68. The van der Waals surface area contributed by atoms with Crippen LogP contribution in [0.5, 0.6) is 0 Å². The van der Waals surface area contributed by atoms with E-state index in [4.69, 9.17) is 14.4 Å². The molecule has 5 rings (SSSR count). The van der Waals surface area contributed by atoms with Gasteiger partial charge in [0.15, 0.2) is 17.2 Å². The monoisotopic (exact) mass is 373 g/mol. The smallest absolute Gasteiger partial charge is 0.326 e. The molecular formula is C22H19N3O3. The van der Waals surface area contributed by atoms with Gasteiger partial charge < -0.3 is 14.4 Å². The maximum absolute atomic E-state index is 11.9. The van der Waals surface area contributed by atoms with Crippen molar-refractivity contribution >= 4 is 33.9 Å². The first-order valence-corrected chi connectivity index (χ1v) is 9.36. The molecule has 0 saturated carbocycles. The van der Waals surface area contributed by atoms with Crippen LogP contribution < -0.4 is 4.90 Å². The Kier molecular flexibility index (Phi) is 3.79. The van der Waals surface area contributed by atoms with Gasteiger partial charge >= 0.3 is 5.97 Å². The topological polar surface area (TPSA) is 79.5 Å². The Morgan fingerprint density at radius 2 is 1.86 bits per heavy atom. The minimum Gasteiger partial charge on any atom is -0.480 e. The number of carboxylic acid groups (broad SMARTS) is 1. The summed E-state index contributed by atoms with van der Waals surface area (Å²) in [4.78, 5) is 23.3. The number of aliphatic carboxylic acids is 1. The second-order valence-corrected chi connectivity index (χ2v) is 7.36. The number of nitrogens with zero attached hydrogens (tertiary/aromatic N) is 3. The molecule has 6 heteroatoms. The number of fused-ring (bicyclic) bond motifs is 3. The summed E-state index contributed by atoms with van der Waals surface area (Å²) in [6, 6.07) is 16.8. The molecule has 1 saturated heterocycles. The predicted molar refractivity (Wildman–Crippen MR) is 107 cm³/mol. The van der Waals surface area contributed by atoms with E-state index in [2.05, 4.69) is 6.92 Å². The van der Waals surface area contributed by atoms with E-state index in [1.54, 1.807) is 0 Å². The molecule has 1 N–H and O–H groups in total. The lowest BCUT2D eigenvalue weighted by molar-refractivity contribution is -0.138. The Morgan fingerprint density at radius 1 is 1.11 bits per heavy atom. The molecule has 1 aliphatic heterocycles. The van der Waals surface area contributed by atoms with Crippen LogP contribution in [0.25, 0.3) is 33.5 Å². The Bertz CT molecular complexity index is 1190. The van der Waals surface area contributed by atoms with Crippen molar-refractivity contribution in [2.75, 3.05) is 11.4 Å². The highest BCUT2D eigenvalue weighted by Gasteiger charge is 2.37. The number of aromatic nitrogens is 2. The molecule has 0 spiro atoms. The van der Waals surface area contributed by atoms with Crippen LogP contribution in [0.1, 0.15) is 13.3 Å². The van der Waals surface area contributed by atoms with E-state index in [9.17, 15) is 9.90 Å². The van der Waals surface area contributed by atoms with E-state index in [-0.39, 0.29) is 5.92 Å². The summed E-state index contributed by atoms with van der Waals surface area (Å²) in [5, 5.41) is 10.6. The number of furan rings is 1. The highest BCUT2D eigenvalue weighted by atomic mass is 16.4. The number of hydrogen-bond donors (Lipinski definition) is 1. The average Bonchev–Trinajstić information content (AvgIpc) is 3.28. The number of benzene rings is 2. The van der Waals surface area contributed by atoms with Crippen LogP contribution in [0.3, 0.4) is 0 Å². The van der Waals surface area contributed by atoms with Crippen molar-refractivity contribution in [2.45, 2.75) is 19.4 Å². The SMILES string of the molecule is CC1CC(C(=O)O)N(c2nc(-c3ccccc3)nc3c2oc2ccccc23)C1. The lowest BCUT2D eigenvalue weighted by Crippen LogP contribution is -2.36. The van der Waals surface area contributed by atoms with Crippen molar-refractivity contribution in [3.05, 3.63) is 54.6 Å². The summed E-state index contributed by atoms with van der Waals surface area (Å²) in [7, 11) is 0. The molecule has 4 aromatic rings. The molecule has 2 atom stereocenters. The van der Waals surface area contributed by atoms with Gasteiger partial charge in [-0.2, -0.15) is 0 Å². The fraction of sp³-hybridized carbons (Fsp3) is 0.227. The largest absolute Gasteiger partial charge is 0.480 e. The van der Waals surface area contributed by atoms with E-state index in [1.807, 2.05) is 59.5 Å². The van der Waals surface area contributed by atoms with Crippen molar-refractivity contribution < 1.29 is 14.3 Å². The molecular weight excluding hydrogens is 354 g/mol. The minimum atomic E-state index is -0.839. The maximum atomic E-state index is 11.9. The fourth-order valence-electron chi connectivity index (χ4n) is 4.00. The molecule has 3 heterocycles. The normalized spacial score (nSPS) is 19.5. The van der Waals surface area contributed by atoms with Gasteiger partial charge in [0.1, 0.15) is 17.1 Å². The number of anilines is 1. The van der Waals surface area contributed by atoms with Crippen molar-refractivity contribution in [1.82, 2.24) is 9.97 Å². The third-order valence-electron chi connectivity index (χ3n) is 5.30. The Hall–Kier alpha value is -3.41. The van der Waals surface area contributed by atoms with E-state index in [1.165, 1.54) is 0 Å². The lowest BCUT2D eigenvalue weighted by atomic mass is 10.1. The zero-order chi connectivity index (χ0) is 19.3. The van der Waals surface area contributed by atoms with Crippen molar-refractivity contribution in [1.29, 1.82) is 0 Å². The maximum Gasteiger partial charge on any atom is 0.326 e. The van der Waals surface area contributed by atoms with Crippen LogP contribution in [0.4, 0.5) is 5.82 Å². The first kappa shape index (κ1) is 16.7. The Balaban J connectivity index is 1.80. The molecule has 0 aliphatic carbocycles. The molecule has 28 heavy (non-hydrogen) atoms. The second-order valence-electron chi connectivity index (χ2n) is 7.36. The number of hydrogen-bond acceptors (Lipinski definition) is 5. The fourth-order valence-corrected chi connectivity index (χ4v) is 4.00. The van der Waals surface area contributed by atoms with E-state index < -0.39 is 12.0 Å². The van der Waals surface area contributed by atoms with Crippen LogP contribution in [0, 0.1) is 5.92 Å². The number of carboxylic acids is 1. The molecule has 6 nitrogen and oxygen atoms in total. The third kappa shape index (κ3) is 2.60. The van der Waals surface area contributed by atoms with Crippen molar-refractivity contribution in [3.8, 4) is 11.4 Å². The van der Waals surface area contributed by atoms with Crippen molar-refractivity contribution in [2.24, 2.45) is 5.92 Å². The quantitative estimate of drug-likeness (QED) is 0.575. The molecule has 140 valence electrons. The average molecular weight is 373 g/mol. The van der Waals surface area contributed by atoms with Gasteiger partial charge in [-0.1, -0.05) is 49.4 Å². The van der Waals surface area contributed by atoms with Gasteiger partial charge in [0.2, 0.25) is 0 Å². The van der Waals surface area contributed by atoms with Gasteiger partial charge in [0.05, 0.1) is 0 Å². The molecule has 2 aromatic carbocycles. The Labute approximate surface area is 161 Å². The van der Waals surface area contributed by atoms with Gasteiger partial charge in [0.25, 0.3) is 0 Å². The van der Waals surface area contributed by atoms with Gasteiger partial charge in [0, 0.05) is 17.5 Å². The van der Waals surface area contributed by atoms with Gasteiger partial charge in [-0.3, -0.25) is 0 Å². The molecule has 0 amide bonds. The number of carbonyl (C=O) groups is 1. The van der Waals surface area contributed by atoms with Gasteiger partial charge in [-0.05, 0) is 24.5 Å². The first-order valence-electron chi connectivity index (χ1n) is 9.36. The van der Waals surface area contributed by atoms with Crippen LogP contribution >= 0.6 is 0 Å². The van der Waals surface area contributed by atoms with Crippen molar-refractivity contribution in [3.63, 3.8) is 0 Å². The summed E-state index contributed by atoms with van der Waals surface area (Å²) >= 11 is 0. The molecule has 0 radical (unpaired) electrons. The highest BCUT2D eigenvalue weighted by molar-refractivity contribution is 6.06. The van der Waals surface area contributed by atoms with Crippen LogP contribution in [-0.4, -0.2) is 33.6 Å². The van der Waals surface area contributed by atoms with E-state index in [0.29, 0.717) is 35.7 Å². The molecule has 0 bridgehead atoms. The van der Waals surface area contributed by atoms with Gasteiger partial charge in [-0.25, -0.2) is 14.8 Å². The molecule has 1 aliphatic rings. The zero-order valence-corrected chi connectivity index (χ0v) is 15.4. The summed E-state index contributed by atoms with van der Waals surface area (Å²) in [5.74, 6) is 0.541. The minimum absolute atomic E-state index is 0.260. The zero-order valence-electron chi connectivity index (χ0n) is 15.4. The standard InChI is InChI=1S/C22H19N3O3/c1-13-11-16(22(26)27)25(12-13)21-19-18(15-9-5-6-10-17(15)28-19)23-20(24-21)14-7-3-2-4-8-14/h2-10,13,16H,11-12H2,1H3,(H,26,27). The molecule has 1 fully saturated rings. The highest BCUT2D eigenvalue weighted by Crippen LogP contribution is 2.38. The second kappa shape index (κ2) is 6.34.